The van der Waals surface area contributed by atoms with Crippen molar-refractivity contribution in [1.29, 1.82) is 0 Å². The van der Waals surface area contributed by atoms with E-state index in [-0.39, 0.29) is 0 Å². The van der Waals surface area contributed by atoms with E-state index in [2.05, 4.69) is 63.2 Å². The van der Waals surface area contributed by atoms with Gasteiger partial charge in [-0.3, -0.25) is 0 Å². The van der Waals surface area contributed by atoms with E-state index < -0.39 is 0 Å². The molecular weight excluding hydrogens is 292 g/mol. The first-order chi connectivity index (χ1) is 11.7. The molecular formula is C23H30O. The van der Waals surface area contributed by atoms with Crippen molar-refractivity contribution in [2.75, 3.05) is 0 Å². The molecule has 2 aromatic carbocycles. The van der Waals surface area contributed by atoms with Crippen LogP contribution in [0.3, 0.4) is 0 Å². The first-order valence-electron chi connectivity index (χ1n) is 9.08. The van der Waals surface area contributed by atoms with Crippen molar-refractivity contribution in [3.63, 3.8) is 0 Å². The van der Waals surface area contributed by atoms with Crippen LogP contribution in [0.2, 0.25) is 0 Å². The predicted octanol–water partition coefficient (Wildman–Crippen LogP) is 6.58. The molecule has 0 aliphatic carbocycles. The summed E-state index contributed by atoms with van der Waals surface area (Å²) in [5.74, 6) is 1.76. The van der Waals surface area contributed by atoms with Crippen molar-refractivity contribution in [1.82, 2.24) is 0 Å². The predicted molar refractivity (Wildman–Crippen MR) is 103 cm³/mol. The Kier molecular flexibility index (Phi) is 7.61. The minimum atomic E-state index is 0.620. The molecule has 1 atom stereocenters. The Morgan fingerprint density at radius 1 is 1.00 bits per heavy atom. The summed E-state index contributed by atoms with van der Waals surface area (Å²) in [4.78, 5) is 0. The normalized spacial score (nSPS) is 12.9. The average Bonchev–Trinajstić information content (AvgIpc) is 2.62. The summed E-state index contributed by atoms with van der Waals surface area (Å²) in [5, 5.41) is 0. The molecule has 0 fully saturated rings. The van der Waals surface area contributed by atoms with Crippen molar-refractivity contribution < 1.29 is 4.74 Å². The lowest BCUT2D eigenvalue weighted by molar-refractivity contribution is 0.306. The molecule has 0 aliphatic heterocycles. The van der Waals surface area contributed by atoms with Crippen LogP contribution in [-0.4, -0.2) is 0 Å². The second kappa shape index (κ2) is 9.97. The lowest BCUT2D eigenvalue weighted by Crippen LogP contribution is -1.95. The highest BCUT2D eigenvalue weighted by Gasteiger charge is 2.00. The maximum Gasteiger partial charge on any atom is 0.119 e. The third-order valence-electron chi connectivity index (χ3n) is 4.50. The minimum Gasteiger partial charge on any atom is -0.489 e. The highest BCUT2D eigenvalue weighted by Crippen LogP contribution is 2.17. The number of allylic oxidation sites excluding steroid dienone is 2. The van der Waals surface area contributed by atoms with Gasteiger partial charge in [0.2, 0.25) is 0 Å². The van der Waals surface area contributed by atoms with Crippen molar-refractivity contribution in [3.8, 4) is 5.75 Å². The van der Waals surface area contributed by atoms with Crippen molar-refractivity contribution in [2.45, 2.75) is 53.1 Å². The van der Waals surface area contributed by atoms with Crippen LogP contribution in [0.25, 0.3) is 0 Å². The molecule has 0 bridgehead atoms. The van der Waals surface area contributed by atoms with Gasteiger partial charge in [-0.25, -0.2) is 0 Å². The molecule has 24 heavy (non-hydrogen) atoms. The molecule has 128 valence electrons. The van der Waals surface area contributed by atoms with E-state index in [9.17, 15) is 0 Å². The molecule has 0 saturated carbocycles. The summed E-state index contributed by atoms with van der Waals surface area (Å²) >= 11 is 0. The molecule has 1 heteroatoms. The van der Waals surface area contributed by atoms with E-state index in [1.807, 2.05) is 18.2 Å². The maximum absolute atomic E-state index is 5.84. The van der Waals surface area contributed by atoms with E-state index in [0.29, 0.717) is 6.61 Å². The molecule has 0 radical (unpaired) electrons. The topological polar surface area (TPSA) is 9.23 Å². The van der Waals surface area contributed by atoms with Crippen molar-refractivity contribution in [2.24, 2.45) is 5.92 Å². The molecule has 0 amide bonds. The van der Waals surface area contributed by atoms with Gasteiger partial charge in [0.05, 0.1) is 0 Å². The van der Waals surface area contributed by atoms with Gasteiger partial charge in [0.1, 0.15) is 12.4 Å². The molecule has 0 N–H and O–H groups in total. The van der Waals surface area contributed by atoms with Gasteiger partial charge in [0.25, 0.3) is 0 Å². The van der Waals surface area contributed by atoms with Crippen molar-refractivity contribution >= 4 is 0 Å². The van der Waals surface area contributed by atoms with E-state index in [1.54, 1.807) is 0 Å². The third kappa shape index (κ3) is 6.62. The summed E-state index contributed by atoms with van der Waals surface area (Å²) < 4.78 is 5.84. The Balaban J connectivity index is 1.80. The summed E-state index contributed by atoms with van der Waals surface area (Å²) in [7, 11) is 0. The van der Waals surface area contributed by atoms with Crippen LogP contribution in [0, 0.1) is 5.92 Å². The Hall–Kier alpha value is -2.02. The zero-order valence-electron chi connectivity index (χ0n) is 15.3. The first-order valence-corrected chi connectivity index (χ1v) is 9.08. The fourth-order valence-electron chi connectivity index (χ4n) is 2.66. The number of rotatable bonds is 9. The Bertz CT molecular complexity index is 610. The monoisotopic (exact) mass is 322 g/mol. The largest absolute Gasteiger partial charge is 0.489 e. The average molecular weight is 322 g/mol. The van der Waals surface area contributed by atoms with Crippen LogP contribution in [0.15, 0.2) is 66.2 Å². The van der Waals surface area contributed by atoms with E-state index >= 15 is 0 Å². The van der Waals surface area contributed by atoms with Crippen LogP contribution < -0.4 is 4.74 Å². The zero-order chi connectivity index (χ0) is 17.2. The molecule has 1 unspecified atom stereocenters. The van der Waals surface area contributed by atoms with Crippen LogP contribution >= 0.6 is 0 Å². The van der Waals surface area contributed by atoms with Gasteiger partial charge in [-0.05, 0) is 55.4 Å². The highest BCUT2D eigenvalue weighted by atomic mass is 16.5. The number of benzene rings is 2. The number of hydrogen-bond donors (Lipinski definition) is 0. The van der Waals surface area contributed by atoms with Crippen LogP contribution in [0.5, 0.6) is 5.75 Å². The minimum absolute atomic E-state index is 0.620. The quantitative estimate of drug-likeness (QED) is 0.474. The first kappa shape index (κ1) is 18.3. The van der Waals surface area contributed by atoms with Gasteiger partial charge in [-0.1, -0.05) is 74.4 Å². The molecule has 0 saturated heterocycles. The summed E-state index contributed by atoms with van der Waals surface area (Å²) in [6.45, 7) is 7.45. The van der Waals surface area contributed by atoms with Gasteiger partial charge in [0, 0.05) is 0 Å². The standard InChI is InChI=1S/C23H30O/c1-4-19(2)9-8-10-20(3)17-21-13-15-23(16-14-21)24-18-22-11-6-5-7-12-22/h5-7,10-16,19H,4,8-9,17-18H2,1-3H3. The number of hydrogen-bond acceptors (Lipinski definition) is 1. The summed E-state index contributed by atoms with van der Waals surface area (Å²) in [6, 6.07) is 18.8. The second-order valence-corrected chi connectivity index (χ2v) is 6.74. The Morgan fingerprint density at radius 3 is 2.38 bits per heavy atom. The Morgan fingerprint density at radius 2 is 1.71 bits per heavy atom. The maximum atomic E-state index is 5.84. The highest BCUT2D eigenvalue weighted by molar-refractivity contribution is 5.30. The van der Waals surface area contributed by atoms with Crippen LogP contribution in [0.1, 0.15) is 51.2 Å². The zero-order valence-corrected chi connectivity index (χ0v) is 15.3. The van der Waals surface area contributed by atoms with Gasteiger partial charge < -0.3 is 4.74 Å². The SMILES string of the molecule is CCC(C)CCC=C(C)Cc1ccc(OCc2ccccc2)cc1. The molecule has 0 aliphatic rings. The molecule has 0 aromatic heterocycles. The van der Waals surface area contributed by atoms with E-state index in [0.717, 1.165) is 18.1 Å². The van der Waals surface area contributed by atoms with Crippen LogP contribution in [0.4, 0.5) is 0 Å². The summed E-state index contributed by atoms with van der Waals surface area (Å²) in [6.07, 6.45) is 7.18. The molecule has 0 spiro atoms. The van der Waals surface area contributed by atoms with E-state index in [1.165, 1.54) is 36.0 Å². The lowest BCUT2D eigenvalue weighted by Gasteiger charge is -2.08. The lowest BCUT2D eigenvalue weighted by atomic mass is 10.00. The molecule has 2 aromatic rings. The van der Waals surface area contributed by atoms with Gasteiger partial charge in [-0.2, -0.15) is 0 Å². The number of ether oxygens (including phenoxy) is 1. The smallest absolute Gasteiger partial charge is 0.119 e. The van der Waals surface area contributed by atoms with Gasteiger partial charge >= 0.3 is 0 Å². The third-order valence-corrected chi connectivity index (χ3v) is 4.50. The molecule has 0 heterocycles. The van der Waals surface area contributed by atoms with Crippen LogP contribution in [-0.2, 0) is 13.0 Å². The Labute approximate surface area is 147 Å². The molecule has 1 nitrogen and oxygen atoms in total. The van der Waals surface area contributed by atoms with Crippen molar-refractivity contribution in [3.05, 3.63) is 77.4 Å². The van der Waals surface area contributed by atoms with Gasteiger partial charge in [-0.15, -0.1) is 0 Å². The second-order valence-electron chi connectivity index (χ2n) is 6.74. The fraction of sp³-hybridized carbons (Fsp3) is 0.391. The fourth-order valence-corrected chi connectivity index (χ4v) is 2.66. The van der Waals surface area contributed by atoms with Gasteiger partial charge in [0.15, 0.2) is 0 Å². The molecule has 2 rings (SSSR count). The van der Waals surface area contributed by atoms with E-state index in [4.69, 9.17) is 4.74 Å². The summed E-state index contributed by atoms with van der Waals surface area (Å²) in [5.41, 5.74) is 4.00.